The lowest BCUT2D eigenvalue weighted by Gasteiger charge is -2.10. The van der Waals surface area contributed by atoms with Crippen molar-refractivity contribution in [2.24, 2.45) is 0 Å². The van der Waals surface area contributed by atoms with Crippen LogP contribution in [0.25, 0.3) is 20.9 Å². The van der Waals surface area contributed by atoms with Crippen molar-refractivity contribution in [1.82, 2.24) is 9.97 Å². The average molecular weight is 404 g/mol. The number of fused-ring (bicyclic) bond motifs is 1. The van der Waals surface area contributed by atoms with Gasteiger partial charge in [-0.1, -0.05) is 23.5 Å². The summed E-state index contributed by atoms with van der Waals surface area (Å²) in [6.45, 7) is 4.56. The molecular weight excluding hydrogens is 382 g/mol. The van der Waals surface area contributed by atoms with Gasteiger partial charge in [-0.25, -0.2) is 9.97 Å². The molecule has 29 heavy (non-hydrogen) atoms. The number of amides is 1. The van der Waals surface area contributed by atoms with Gasteiger partial charge < -0.3 is 10.1 Å². The number of nitrogens with one attached hydrogen (secondary N) is 1. The zero-order valence-electron chi connectivity index (χ0n) is 16.3. The first kappa shape index (κ1) is 19.1. The van der Waals surface area contributed by atoms with Gasteiger partial charge in [-0.05, 0) is 67.4 Å². The minimum Gasteiger partial charge on any atom is -0.494 e. The second-order valence-electron chi connectivity index (χ2n) is 6.68. The second kappa shape index (κ2) is 8.41. The van der Waals surface area contributed by atoms with Gasteiger partial charge in [-0.3, -0.25) is 4.79 Å². The van der Waals surface area contributed by atoms with E-state index in [1.807, 2.05) is 68.4 Å². The summed E-state index contributed by atoms with van der Waals surface area (Å²) in [7, 11) is 0. The van der Waals surface area contributed by atoms with Gasteiger partial charge in [0, 0.05) is 17.4 Å². The molecule has 0 bridgehead atoms. The van der Waals surface area contributed by atoms with Gasteiger partial charge in [0.05, 0.1) is 13.0 Å². The van der Waals surface area contributed by atoms with Gasteiger partial charge in [-0.2, -0.15) is 0 Å². The van der Waals surface area contributed by atoms with Crippen molar-refractivity contribution in [1.29, 1.82) is 0 Å². The number of anilines is 1. The summed E-state index contributed by atoms with van der Waals surface area (Å²) in [6.07, 6.45) is 2.09. The molecule has 0 aliphatic rings. The number of ether oxygens (including phenoxy) is 1. The topological polar surface area (TPSA) is 64.1 Å². The lowest BCUT2D eigenvalue weighted by molar-refractivity contribution is -0.115. The maximum atomic E-state index is 12.5. The van der Waals surface area contributed by atoms with E-state index in [9.17, 15) is 4.79 Å². The molecule has 146 valence electrons. The van der Waals surface area contributed by atoms with Crippen molar-refractivity contribution in [3.8, 4) is 16.3 Å². The third-order valence-electron chi connectivity index (χ3n) is 4.51. The highest BCUT2D eigenvalue weighted by Gasteiger charge is 2.10. The molecule has 6 heteroatoms. The van der Waals surface area contributed by atoms with Crippen molar-refractivity contribution in [2.75, 3.05) is 11.9 Å². The van der Waals surface area contributed by atoms with Crippen LogP contribution in [-0.4, -0.2) is 22.5 Å². The maximum absolute atomic E-state index is 12.5. The number of benzene rings is 2. The van der Waals surface area contributed by atoms with Crippen LogP contribution in [0.2, 0.25) is 0 Å². The lowest BCUT2D eigenvalue weighted by atomic mass is 10.1. The number of hydrogen-bond acceptors (Lipinski definition) is 5. The molecule has 0 saturated carbocycles. The summed E-state index contributed by atoms with van der Waals surface area (Å²) >= 11 is 1.57. The predicted molar refractivity (Wildman–Crippen MR) is 118 cm³/mol. The molecule has 4 rings (SSSR count). The number of carbonyl (C=O) groups excluding carboxylic acids is 1. The molecule has 4 aromatic rings. The van der Waals surface area contributed by atoms with Crippen LogP contribution in [0.1, 0.15) is 18.1 Å². The molecule has 1 amide bonds. The van der Waals surface area contributed by atoms with E-state index in [-0.39, 0.29) is 5.91 Å². The van der Waals surface area contributed by atoms with E-state index in [0.29, 0.717) is 13.0 Å². The summed E-state index contributed by atoms with van der Waals surface area (Å²) < 4.78 is 5.44. The smallest absolute Gasteiger partial charge is 0.228 e. The van der Waals surface area contributed by atoms with E-state index in [0.717, 1.165) is 43.5 Å². The Hall–Kier alpha value is -3.25. The number of hydrogen-bond donors (Lipinski definition) is 1. The number of aryl methyl sites for hydroxylation is 1. The highest BCUT2D eigenvalue weighted by Crippen LogP contribution is 2.31. The SMILES string of the molecule is CCOc1ccc(CC(=O)Nc2ccc(-c3nc4cccnc4s3)cc2C)cc1. The first-order chi connectivity index (χ1) is 14.1. The molecule has 0 radical (unpaired) electrons. The largest absolute Gasteiger partial charge is 0.494 e. The van der Waals surface area contributed by atoms with Gasteiger partial charge in [0.25, 0.3) is 0 Å². The first-order valence-corrected chi connectivity index (χ1v) is 10.3. The molecule has 0 spiro atoms. The summed E-state index contributed by atoms with van der Waals surface area (Å²) in [5.74, 6) is 0.766. The normalized spacial score (nSPS) is 10.8. The van der Waals surface area contributed by atoms with E-state index in [1.54, 1.807) is 17.5 Å². The molecule has 1 N–H and O–H groups in total. The van der Waals surface area contributed by atoms with Gasteiger partial charge in [0.15, 0.2) is 0 Å². The van der Waals surface area contributed by atoms with Crippen LogP contribution in [0, 0.1) is 6.92 Å². The van der Waals surface area contributed by atoms with Gasteiger partial charge >= 0.3 is 0 Å². The van der Waals surface area contributed by atoms with Crippen molar-refractivity contribution in [3.63, 3.8) is 0 Å². The Morgan fingerprint density at radius 1 is 1.14 bits per heavy atom. The first-order valence-electron chi connectivity index (χ1n) is 9.46. The van der Waals surface area contributed by atoms with Crippen LogP contribution in [0.5, 0.6) is 5.75 Å². The fourth-order valence-corrected chi connectivity index (χ4v) is 3.98. The maximum Gasteiger partial charge on any atom is 0.228 e. The Balaban J connectivity index is 1.45. The standard InChI is InChI=1S/C23H21N3O2S/c1-3-28-18-9-6-16(7-10-18)14-21(27)25-19-11-8-17(13-15(19)2)22-26-20-5-4-12-24-23(20)29-22/h4-13H,3,14H2,1-2H3,(H,25,27). The van der Waals surface area contributed by atoms with E-state index >= 15 is 0 Å². The average Bonchev–Trinajstić information content (AvgIpc) is 3.15. The number of carbonyl (C=O) groups is 1. The Morgan fingerprint density at radius 2 is 1.97 bits per heavy atom. The van der Waals surface area contributed by atoms with Crippen molar-refractivity contribution in [2.45, 2.75) is 20.3 Å². The molecule has 5 nitrogen and oxygen atoms in total. The van der Waals surface area contributed by atoms with Crippen molar-refractivity contribution < 1.29 is 9.53 Å². The molecule has 0 aliphatic heterocycles. The molecule has 0 fully saturated rings. The Morgan fingerprint density at radius 3 is 2.69 bits per heavy atom. The minimum atomic E-state index is -0.0470. The van der Waals surface area contributed by atoms with Crippen LogP contribution in [-0.2, 0) is 11.2 Å². The van der Waals surface area contributed by atoms with Gasteiger partial charge in [0.1, 0.15) is 21.1 Å². The summed E-state index contributed by atoms with van der Waals surface area (Å²) in [5, 5.41) is 3.93. The number of pyridine rings is 1. The molecule has 0 saturated heterocycles. The monoisotopic (exact) mass is 403 g/mol. The summed E-state index contributed by atoms with van der Waals surface area (Å²) in [4.78, 5) is 22.4. The molecule has 0 atom stereocenters. The van der Waals surface area contributed by atoms with Crippen LogP contribution < -0.4 is 10.1 Å². The molecule has 0 aliphatic carbocycles. The van der Waals surface area contributed by atoms with Crippen molar-refractivity contribution >= 4 is 33.3 Å². The molecular formula is C23H21N3O2S. The predicted octanol–water partition coefficient (Wildman–Crippen LogP) is 5.25. The van der Waals surface area contributed by atoms with E-state index in [2.05, 4.69) is 15.3 Å². The molecule has 2 aromatic carbocycles. The number of nitrogens with zero attached hydrogens (tertiary/aromatic N) is 2. The zero-order chi connectivity index (χ0) is 20.2. The third-order valence-corrected chi connectivity index (χ3v) is 5.54. The minimum absolute atomic E-state index is 0.0470. The van der Waals surface area contributed by atoms with Crippen LogP contribution in [0.15, 0.2) is 60.8 Å². The van der Waals surface area contributed by atoms with Crippen LogP contribution in [0.4, 0.5) is 5.69 Å². The number of rotatable bonds is 6. The molecule has 0 unspecified atom stereocenters. The quantitative estimate of drug-likeness (QED) is 0.478. The summed E-state index contributed by atoms with van der Waals surface area (Å²) in [5.41, 5.74) is 4.67. The third kappa shape index (κ3) is 4.43. The van der Waals surface area contributed by atoms with Gasteiger partial charge in [-0.15, -0.1) is 0 Å². The second-order valence-corrected chi connectivity index (χ2v) is 7.66. The number of aromatic nitrogens is 2. The Kier molecular flexibility index (Phi) is 5.53. The van der Waals surface area contributed by atoms with Crippen LogP contribution in [0.3, 0.4) is 0 Å². The van der Waals surface area contributed by atoms with Crippen molar-refractivity contribution in [3.05, 3.63) is 71.9 Å². The van der Waals surface area contributed by atoms with Crippen LogP contribution >= 0.6 is 11.3 Å². The number of thiazole rings is 1. The fraction of sp³-hybridized carbons (Fsp3) is 0.174. The Bertz CT molecular complexity index is 1120. The Labute approximate surface area is 173 Å². The van der Waals surface area contributed by atoms with Gasteiger partial charge in [0.2, 0.25) is 5.91 Å². The highest BCUT2D eigenvalue weighted by atomic mass is 32.1. The van der Waals surface area contributed by atoms with E-state index in [1.165, 1.54) is 0 Å². The van der Waals surface area contributed by atoms with E-state index in [4.69, 9.17) is 4.74 Å². The molecule has 2 aromatic heterocycles. The zero-order valence-corrected chi connectivity index (χ0v) is 17.1. The summed E-state index contributed by atoms with van der Waals surface area (Å²) in [6, 6.07) is 17.4. The molecule has 2 heterocycles. The fourth-order valence-electron chi connectivity index (χ4n) is 3.08. The van der Waals surface area contributed by atoms with E-state index < -0.39 is 0 Å². The lowest BCUT2D eigenvalue weighted by Crippen LogP contribution is -2.15. The highest BCUT2D eigenvalue weighted by molar-refractivity contribution is 7.21.